The Morgan fingerprint density at radius 2 is 2.14 bits per heavy atom. The van der Waals surface area contributed by atoms with Crippen molar-refractivity contribution in [2.45, 2.75) is 13.8 Å². The first kappa shape index (κ1) is 9.08. The van der Waals surface area contributed by atoms with Gasteiger partial charge in [-0.15, -0.1) is 5.10 Å². The predicted molar refractivity (Wildman–Crippen MR) is 51.4 cm³/mol. The summed E-state index contributed by atoms with van der Waals surface area (Å²) >= 11 is 5.63. The zero-order valence-electron chi connectivity index (χ0n) is 7.77. The average molecular weight is 210 g/mol. The van der Waals surface area contributed by atoms with E-state index < -0.39 is 0 Å². The third-order valence-electron chi connectivity index (χ3n) is 1.75. The Hall–Kier alpha value is -1.49. The molecule has 0 aromatic carbocycles. The molecule has 0 saturated heterocycles. The lowest BCUT2D eigenvalue weighted by molar-refractivity contribution is 0.782. The Balaban J connectivity index is 2.54. The second-order valence-electron chi connectivity index (χ2n) is 2.92. The first-order valence-electron chi connectivity index (χ1n) is 4.05. The molecule has 0 unspecified atom stereocenters. The minimum atomic E-state index is 0.120. The van der Waals surface area contributed by atoms with E-state index in [-0.39, 0.29) is 5.28 Å². The maximum Gasteiger partial charge on any atom is 0.244 e. The zero-order chi connectivity index (χ0) is 10.1. The number of rotatable bonds is 1. The molecule has 0 bridgehead atoms. The molecule has 2 rings (SSSR count). The van der Waals surface area contributed by atoms with Crippen LogP contribution >= 0.6 is 11.6 Å². The highest BCUT2D eigenvalue weighted by atomic mass is 35.5. The number of hydrogen-bond acceptors (Lipinski definition) is 4. The van der Waals surface area contributed by atoms with Gasteiger partial charge in [-0.3, -0.25) is 0 Å². The smallest absolute Gasteiger partial charge is 0.218 e. The summed E-state index contributed by atoms with van der Waals surface area (Å²) in [4.78, 5) is 4.01. The highest BCUT2D eigenvalue weighted by molar-refractivity contribution is 6.28. The van der Waals surface area contributed by atoms with E-state index in [9.17, 15) is 0 Å². The van der Waals surface area contributed by atoms with Crippen LogP contribution in [0.25, 0.3) is 5.82 Å². The molecule has 14 heavy (non-hydrogen) atoms. The molecule has 0 radical (unpaired) electrons. The lowest BCUT2D eigenvalue weighted by atomic mass is 10.4. The van der Waals surface area contributed by atoms with Crippen molar-refractivity contribution in [3.05, 3.63) is 28.9 Å². The van der Waals surface area contributed by atoms with Gasteiger partial charge in [-0.2, -0.15) is 15.2 Å². The molecule has 0 N–H and O–H groups in total. The molecule has 2 aromatic heterocycles. The minimum Gasteiger partial charge on any atom is -0.218 e. The van der Waals surface area contributed by atoms with Crippen LogP contribution in [-0.2, 0) is 0 Å². The topological polar surface area (TPSA) is 56.5 Å². The molecule has 0 aliphatic rings. The van der Waals surface area contributed by atoms with E-state index >= 15 is 0 Å². The van der Waals surface area contributed by atoms with Crippen molar-refractivity contribution in [1.29, 1.82) is 0 Å². The summed E-state index contributed by atoms with van der Waals surface area (Å²) in [6.45, 7) is 3.86. The highest BCUT2D eigenvalue weighted by Crippen LogP contribution is 2.09. The number of halogens is 1. The monoisotopic (exact) mass is 209 g/mol. The van der Waals surface area contributed by atoms with Gasteiger partial charge < -0.3 is 0 Å². The lowest BCUT2D eigenvalue weighted by Crippen LogP contribution is -2.03. The second kappa shape index (κ2) is 3.34. The first-order valence-corrected chi connectivity index (χ1v) is 4.43. The number of nitrogens with zero attached hydrogens (tertiary/aromatic N) is 5. The molecule has 72 valence electrons. The van der Waals surface area contributed by atoms with Gasteiger partial charge in [0.25, 0.3) is 0 Å². The van der Waals surface area contributed by atoms with Crippen molar-refractivity contribution in [3.8, 4) is 5.82 Å². The summed E-state index contributed by atoms with van der Waals surface area (Å²) in [5, 5.41) is 11.6. The van der Waals surface area contributed by atoms with E-state index in [1.807, 2.05) is 19.9 Å². The van der Waals surface area contributed by atoms with Crippen molar-refractivity contribution in [1.82, 2.24) is 25.0 Å². The average Bonchev–Trinajstić information content (AvgIpc) is 2.45. The molecule has 0 spiro atoms. The fourth-order valence-electron chi connectivity index (χ4n) is 1.24. The maximum absolute atomic E-state index is 5.63. The molecule has 0 aliphatic heterocycles. The van der Waals surface area contributed by atoms with Crippen molar-refractivity contribution < 1.29 is 0 Å². The summed E-state index contributed by atoms with van der Waals surface area (Å²) in [6.07, 6.45) is 1.52. The van der Waals surface area contributed by atoms with E-state index in [4.69, 9.17) is 11.6 Å². The Morgan fingerprint density at radius 1 is 1.36 bits per heavy atom. The van der Waals surface area contributed by atoms with Gasteiger partial charge in [-0.25, -0.2) is 4.68 Å². The van der Waals surface area contributed by atoms with Gasteiger partial charge in [0.15, 0.2) is 5.82 Å². The largest absolute Gasteiger partial charge is 0.244 e. The van der Waals surface area contributed by atoms with Crippen molar-refractivity contribution in [2.75, 3.05) is 0 Å². The number of aryl methyl sites for hydroxylation is 2. The van der Waals surface area contributed by atoms with Crippen molar-refractivity contribution in [2.24, 2.45) is 0 Å². The van der Waals surface area contributed by atoms with E-state index in [0.717, 1.165) is 11.4 Å². The van der Waals surface area contributed by atoms with Gasteiger partial charge in [-0.1, -0.05) is 0 Å². The molecule has 0 aliphatic carbocycles. The summed E-state index contributed by atoms with van der Waals surface area (Å²) in [6, 6.07) is 1.95. The Morgan fingerprint density at radius 3 is 2.71 bits per heavy atom. The normalized spacial score (nSPS) is 10.5. The number of aromatic nitrogens is 5. The molecular weight excluding hydrogens is 202 g/mol. The molecule has 6 heteroatoms. The molecule has 5 nitrogen and oxygen atoms in total. The van der Waals surface area contributed by atoms with Crippen LogP contribution in [0.15, 0.2) is 12.3 Å². The standard InChI is InChI=1S/C8H8ClN5/c1-5-3-6(2)14(13-5)7-4-10-12-8(9)11-7/h3-4H,1-2H3. The van der Waals surface area contributed by atoms with Crippen LogP contribution < -0.4 is 0 Å². The molecule has 0 amide bonds. The third kappa shape index (κ3) is 1.58. The van der Waals surface area contributed by atoms with E-state index in [1.165, 1.54) is 6.20 Å². The Kier molecular flexibility index (Phi) is 2.17. The summed E-state index contributed by atoms with van der Waals surface area (Å²) in [7, 11) is 0. The Bertz CT molecular complexity index is 465. The fourth-order valence-corrected chi connectivity index (χ4v) is 1.37. The summed E-state index contributed by atoms with van der Waals surface area (Å²) in [5.74, 6) is 0.579. The van der Waals surface area contributed by atoms with Gasteiger partial charge in [0.2, 0.25) is 5.28 Å². The predicted octanol–water partition coefficient (Wildman–Crippen LogP) is 1.33. The van der Waals surface area contributed by atoms with Gasteiger partial charge in [-0.05, 0) is 31.5 Å². The lowest BCUT2D eigenvalue weighted by Gasteiger charge is -2.00. The molecule has 2 aromatic rings. The van der Waals surface area contributed by atoms with E-state index in [0.29, 0.717) is 5.82 Å². The molecule has 0 fully saturated rings. The minimum absolute atomic E-state index is 0.120. The SMILES string of the molecule is Cc1cc(C)n(-c2cnnc(Cl)n2)n1. The van der Waals surface area contributed by atoms with Crippen LogP contribution in [0.2, 0.25) is 5.28 Å². The first-order chi connectivity index (χ1) is 6.66. The van der Waals surface area contributed by atoms with Gasteiger partial charge in [0.05, 0.1) is 11.9 Å². The number of hydrogen-bond donors (Lipinski definition) is 0. The highest BCUT2D eigenvalue weighted by Gasteiger charge is 2.05. The van der Waals surface area contributed by atoms with Crippen LogP contribution in [0.1, 0.15) is 11.4 Å². The molecule has 2 heterocycles. The fraction of sp³-hybridized carbons (Fsp3) is 0.250. The van der Waals surface area contributed by atoms with Crippen molar-refractivity contribution >= 4 is 11.6 Å². The zero-order valence-corrected chi connectivity index (χ0v) is 8.52. The Labute approximate surface area is 85.8 Å². The van der Waals surface area contributed by atoms with Crippen LogP contribution in [-0.4, -0.2) is 25.0 Å². The van der Waals surface area contributed by atoms with Gasteiger partial charge in [0.1, 0.15) is 0 Å². The van der Waals surface area contributed by atoms with Crippen LogP contribution in [0, 0.1) is 13.8 Å². The molecule has 0 saturated carbocycles. The van der Waals surface area contributed by atoms with Crippen LogP contribution in [0.4, 0.5) is 0 Å². The molecule has 0 atom stereocenters. The second-order valence-corrected chi connectivity index (χ2v) is 3.26. The van der Waals surface area contributed by atoms with Gasteiger partial charge >= 0.3 is 0 Å². The maximum atomic E-state index is 5.63. The van der Waals surface area contributed by atoms with E-state index in [1.54, 1.807) is 4.68 Å². The molecular formula is C8H8ClN5. The summed E-state index contributed by atoms with van der Waals surface area (Å²) in [5.41, 5.74) is 1.91. The van der Waals surface area contributed by atoms with Crippen LogP contribution in [0.3, 0.4) is 0 Å². The van der Waals surface area contributed by atoms with Gasteiger partial charge in [0, 0.05) is 5.69 Å². The summed E-state index contributed by atoms with van der Waals surface area (Å²) < 4.78 is 1.68. The van der Waals surface area contributed by atoms with Crippen molar-refractivity contribution in [3.63, 3.8) is 0 Å². The van der Waals surface area contributed by atoms with E-state index in [2.05, 4.69) is 20.3 Å². The quantitative estimate of drug-likeness (QED) is 0.711. The third-order valence-corrected chi connectivity index (χ3v) is 1.91. The van der Waals surface area contributed by atoms with Crippen LogP contribution in [0.5, 0.6) is 0 Å².